The number of carbonyl (C=O) groups is 1. The van der Waals surface area contributed by atoms with Crippen LogP contribution in [-0.2, 0) is 24.2 Å². The largest absolute Gasteiger partial charge is 0.497 e. The monoisotopic (exact) mass is 756 g/mol. The molecule has 14 nitrogen and oxygen atoms in total. The van der Waals surface area contributed by atoms with Gasteiger partial charge in [-0.25, -0.2) is 15.0 Å². The second kappa shape index (κ2) is 16.9. The summed E-state index contributed by atoms with van der Waals surface area (Å²) in [7, 11) is 3.34. The van der Waals surface area contributed by atoms with E-state index in [0.29, 0.717) is 82.9 Å². The molecule has 0 unspecified atom stereocenters. The number of likely N-dealkylation sites (N-methyl/N-ethyl adjacent to an activating group) is 1. The number of benzene rings is 2. The highest BCUT2D eigenvalue weighted by Gasteiger charge is 2.31. The summed E-state index contributed by atoms with van der Waals surface area (Å²) in [6.07, 6.45) is 7.93. The van der Waals surface area contributed by atoms with E-state index in [4.69, 9.17) is 34.1 Å². The number of morpholine rings is 1. The third-order valence-electron chi connectivity index (χ3n) is 10.8. The first kappa shape index (κ1) is 37.1. The van der Waals surface area contributed by atoms with Crippen molar-refractivity contribution in [2.24, 2.45) is 0 Å². The molecule has 0 N–H and O–H groups in total. The third kappa shape index (κ3) is 8.07. The van der Waals surface area contributed by atoms with Gasteiger partial charge in [0.05, 0.1) is 50.6 Å². The van der Waals surface area contributed by atoms with Crippen molar-refractivity contribution in [2.45, 2.75) is 26.4 Å². The molecule has 2 fully saturated rings. The molecule has 6 heterocycles. The maximum atomic E-state index is 13.6. The van der Waals surface area contributed by atoms with Crippen LogP contribution in [-0.4, -0.2) is 120 Å². The molecule has 2 saturated heterocycles. The minimum absolute atomic E-state index is 0.0113. The Morgan fingerprint density at radius 1 is 0.786 bits per heavy atom. The highest BCUT2D eigenvalue weighted by atomic mass is 16.5. The predicted molar refractivity (Wildman–Crippen MR) is 215 cm³/mol. The molecule has 5 aromatic rings. The number of fused-ring (bicyclic) bond motifs is 1. The summed E-state index contributed by atoms with van der Waals surface area (Å²) >= 11 is 0. The maximum absolute atomic E-state index is 13.6. The van der Waals surface area contributed by atoms with Crippen LogP contribution in [0, 0.1) is 0 Å². The quantitative estimate of drug-likeness (QED) is 0.172. The van der Waals surface area contributed by atoms with Gasteiger partial charge in [-0.05, 0) is 54.4 Å². The Morgan fingerprint density at radius 3 is 2.04 bits per heavy atom. The van der Waals surface area contributed by atoms with Crippen molar-refractivity contribution in [3.63, 3.8) is 0 Å². The molecule has 3 aliphatic rings. The van der Waals surface area contributed by atoms with Gasteiger partial charge in [0.1, 0.15) is 17.3 Å². The Balaban J connectivity index is 1.10. The number of hydrogen-bond donors (Lipinski definition) is 0. The van der Waals surface area contributed by atoms with Crippen molar-refractivity contribution < 1.29 is 19.0 Å². The molecule has 8 rings (SSSR count). The van der Waals surface area contributed by atoms with Gasteiger partial charge >= 0.3 is 0 Å². The number of rotatable bonds is 12. The van der Waals surface area contributed by atoms with Gasteiger partial charge in [0, 0.05) is 88.6 Å². The van der Waals surface area contributed by atoms with E-state index < -0.39 is 0 Å². The fourth-order valence-electron chi connectivity index (χ4n) is 7.49. The minimum Gasteiger partial charge on any atom is -0.497 e. The summed E-state index contributed by atoms with van der Waals surface area (Å²) in [6.45, 7) is 10.8. The van der Waals surface area contributed by atoms with Crippen molar-refractivity contribution in [1.29, 1.82) is 0 Å². The highest BCUT2D eigenvalue weighted by molar-refractivity contribution is 5.95. The molecule has 3 aliphatic heterocycles. The summed E-state index contributed by atoms with van der Waals surface area (Å²) in [5.74, 6) is 3.67. The van der Waals surface area contributed by atoms with Crippen LogP contribution in [0.2, 0.25) is 0 Å². The lowest BCUT2D eigenvalue weighted by molar-refractivity contribution is 0.0643. The second-order valence-corrected chi connectivity index (χ2v) is 14.2. The molecule has 0 aliphatic carbocycles. The lowest BCUT2D eigenvalue weighted by atomic mass is 10.1. The summed E-state index contributed by atoms with van der Waals surface area (Å²) in [5.41, 5.74) is 6.26. The standard InChI is InChI=1S/C42H48N10O4/c1-4-48-15-17-49(18-16-48)40(53)32-23-34(27-43-24-32)52-14-13-37-38(46-42(47-39(37)52)50-19-21-56-22-20-50)33-25-44-41(45-26-33)51(28-30-5-9-35(54-2)10-6-30)29-31-7-11-36(55-3)12-8-31/h5-12,23-27H,4,13-22,28-29H2,1-3H3. The number of amides is 1. The molecule has 14 heteroatoms. The van der Waals surface area contributed by atoms with Crippen LogP contribution in [0.15, 0.2) is 79.4 Å². The zero-order valence-electron chi connectivity index (χ0n) is 32.3. The van der Waals surface area contributed by atoms with Gasteiger partial charge in [-0.1, -0.05) is 31.2 Å². The molecule has 0 bridgehead atoms. The number of anilines is 4. The van der Waals surface area contributed by atoms with E-state index in [2.05, 4.69) is 55.8 Å². The van der Waals surface area contributed by atoms with E-state index in [0.717, 1.165) is 70.6 Å². The first-order valence-corrected chi connectivity index (χ1v) is 19.3. The van der Waals surface area contributed by atoms with Gasteiger partial charge in [-0.2, -0.15) is 4.98 Å². The Bertz CT molecular complexity index is 2050. The van der Waals surface area contributed by atoms with Crippen LogP contribution in [0.5, 0.6) is 11.5 Å². The number of pyridine rings is 1. The summed E-state index contributed by atoms with van der Waals surface area (Å²) in [4.78, 5) is 49.1. The van der Waals surface area contributed by atoms with Crippen molar-refractivity contribution in [1.82, 2.24) is 34.7 Å². The Hall–Kier alpha value is -5.86. The van der Waals surface area contributed by atoms with Crippen molar-refractivity contribution in [3.05, 3.63) is 102 Å². The Labute approximate surface area is 327 Å². The van der Waals surface area contributed by atoms with E-state index in [1.165, 1.54) is 0 Å². The lowest BCUT2D eigenvalue weighted by Gasteiger charge is -2.34. The van der Waals surface area contributed by atoms with Crippen LogP contribution < -0.4 is 24.2 Å². The average molecular weight is 757 g/mol. The van der Waals surface area contributed by atoms with Crippen molar-refractivity contribution >= 4 is 29.3 Å². The predicted octanol–water partition coefficient (Wildman–Crippen LogP) is 4.86. The third-order valence-corrected chi connectivity index (χ3v) is 10.8. The fraction of sp³-hybridized carbons (Fsp3) is 0.381. The zero-order chi connectivity index (χ0) is 38.4. The van der Waals surface area contributed by atoms with Crippen molar-refractivity contribution in [2.75, 3.05) is 94.5 Å². The maximum Gasteiger partial charge on any atom is 0.255 e. The van der Waals surface area contributed by atoms with E-state index in [9.17, 15) is 4.79 Å². The fourth-order valence-corrected chi connectivity index (χ4v) is 7.49. The molecule has 2 aromatic carbocycles. The highest BCUT2D eigenvalue weighted by Crippen LogP contribution is 2.39. The van der Waals surface area contributed by atoms with E-state index in [-0.39, 0.29) is 5.91 Å². The first-order valence-electron chi connectivity index (χ1n) is 19.3. The molecular formula is C42H48N10O4. The average Bonchev–Trinajstić information content (AvgIpc) is 3.71. The number of ether oxygens (including phenoxy) is 3. The number of aromatic nitrogens is 5. The summed E-state index contributed by atoms with van der Waals surface area (Å²) in [5, 5.41) is 0. The van der Waals surface area contributed by atoms with Gasteiger partial charge < -0.3 is 38.7 Å². The van der Waals surface area contributed by atoms with Gasteiger partial charge in [0.25, 0.3) is 5.91 Å². The number of piperazine rings is 1. The van der Waals surface area contributed by atoms with E-state index in [1.54, 1.807) is 20.4 Å². The number of methoxy groups -OCH3 is 2. The normalized spacial score (nSPS) is 15.8. The first-order chi connectivity index (χ1) is 27.5. The Morgan fingerprint density at radius 2 is 1.43 bits per heavy atom. The van der Waals surface area contributed by atoms with Crippen LogP contribution in [0.3, 0.4) is 0 Å². The second-order valence-electron chi connectivity index (χ2n) is 14.2. The van der Waals surface area contributed by atoms with Crippen LogP contribution >= 0.6 is 0 Å². The molecular weight excluding hydrogens is 709 g/mol. The number of carbonyl (C=O) groups excluding carboxylic acids is 1. The minimum atomic E-state index is 0.0113. The van der Waals surface area contributed by atoms with E-state index >= 15 is 0 Å². The van der Waals surface area contributed by atoms with E-state index in [1.807, 2.05) is 53.8 Å². The molecule has 0 spiro atoms. The molecule has 0 radical (unpaired) electrons. The van der Waals surface area contributed by atoms with Gasteiger partial charge in [0.2, 0.25) is 11.9 Å². The smallest absolute Gasteiger partial charge is 0.255 e. The van der Waals surface area contributed by atoms with Gasteiger partial charge in [-0.3, -0.25) is 9.78 Å². The van der Waals surface area contributed by atoms with Crippen LogP contribution in [0.1, 0.15) is 34.0 Å². The SMILES string of the molecule is CCN1CCN(C(=O)c2cncc(N3CCc4c(-c5cnc(N(Cc6ccc(OC)cc6)Cc6ccc(OC)cc6)nc5)nc(N5CCOCC5)nc43)c2)CC1. The topological polar surface area (TPSA) is 125 Å². The molecule has 1 amide bonds. The van der Waals surface area contributed by atoms with Gasteiger partial charge in [0.15, 0.2) is 0 Å². The van der Waals surface area contributed by atoms with Crippen LogP contribution in [0.25, 0.3) is 11.3 Å². The van der Waals surface area contributed by atoms with Crippen molar-refractivity contribution in [3.8, 4) is 22.8 Å². The molecule has 290 valence electrons. The number of hydrogen-bond acceptors (Lipinski definition) is 13. The molecule has 56 heavy (non-hydrogen) atoms. The molecule has 0 saturated carbocycles. The summed E-state index contributed by atoms with van der Waals surface area (Å²) in [6, 6.07) is 18.1. The summed E-state index contributed by atoms with van der Waals surface area (Å²) < 4.78 is 16.5. The number of nitrogens with zero attached hydrogens (tertiary/aromatic N) is 10. The molecule has 0 atom stereocenters. The van der Waals surface area contributed by atoms with Gasteiger partial charge in [-0.15, -0.1) is 0 Å². The van der Waals surface area contributed by atoms with Crippen LogP contribution in [0.4, 0.5) is 23.4 Å². The Kier molecular flexibility index (Phi) is 11.2. The zero-order valence-corrected chi connectivity index (χ0v) is 32.3. The molecule has 3 aromatic heterocycles. The lowest BCUT2D eigenvalue weighted by Crippen LogP contribution is -2.48.